The van der Waals surface area contributed by atoms with Crippen molar-refractivity contribution < 1.29 is 0 Å². The van der Waals surface area contributed by atoms with E-state index >= 15 is 0 Å². The number of aryl methyl sites for hydroxylation is 1. The number of anilines is 1. The molecule has 8 heavy (non-hydrogen) atoms. The van der Waals surface area contributed by atoms with E-state index in [9.17, 15) is 0 Å². The Morgan fingerprint density at radius 2 is 2.50 bits per heavy atom. The summed E-state index contributed by atoms with van der Waals surface area (Å²) in [6.07, 6.45) is 0. The van der Waals surface area contributed by atoms with E-state index in [1.54, 1.807) is 0 Å². The standard InChI is InChI=1S/C5H8N2S/c1-4-5(6-2)3-8-7-4/h3,6H,1-2H3. The van der Waals surface area contributed by atoms with E-state index in [0.29, 0.717) is 0 Å². The number of hydrogen-bond acceptors (Lipinski definition) is 3. The largest absolute Gasteiger partial charge is 0.386 e. The molecule has 0 aliphatic heterocycles. The summed E-state index contributed by atoms with van der Waals surface area (Å²) in [5.41, 5.74) is 2.22. The molecule has 0 spiro atoms. The lowest BCUT2D eigenvalue weighted by molar-refractivity contribution is 1.32. The Kier molecular flexibility index (Phi) is 1.48. The van der Waals surface area contributed by atoms with Crippen molar-refractivity contribution in [3.63, 3.8) is 0 Å². The highest BCUT2D eigenvalue weighted by Gasteiger charge is 1.93. The lowest BCUT2D eigenvalue weighted by Gasteiger charge is -1.91. The summed E-state index contributed by atoms with van der Waals surface area (Å²) >= 11 is 1.48. The predicted octanol–water partition coefficient (Wildman–Crippen LogP) is 1.49. The summed E-state index contributed by atoms with van der Waals surface area (Å²) in [5, 5.41) is 5.02. The average Bonchev–Trinajstić information content (AvgIpc) is 2.14. The molecule has 0 bridgehead atoms. The fourth-order valence-corrected chi connectivity index (χ4v) is 1.24. The first-order chi connectivity index (χ1) is 3.84. The van der Waals surface area contributed by atoms with Crippen LogP contribution < -0.4 is 5.32 Å². The van der Waals surface area contributed by atoms with Crippen LogP contribution in [0, 0.1) is 6.92 Å². The maximum absolute atomic E-state index is 4.07. The Hall–Kier alpha value is -0.570. The molecule has 0 aromatic carbocycles. The lowest BCUT2D eigenvalue weighted by atomic mass is 10.4. The molecule has 0 amide bonds. The highest BCUT2D eigenvalue weighted by atomic mass is 32.1. The molecule has 1 aromatic rings. The molecule has 0 saturated carbocycles. The number of aromatic nitrogens is 1. The van der Waals surface area contributed by atoms with Crippen LogP contribution in [-0.2, 0) is 0 Å². The van der Waals surface area contributed by atoms with Crippen LogP contribution in [0.4, 0.5) is 5.69 Å². The van der Waals surface area contributed by atoms with Crippen LogP contribution in [0.1, 0.15) is 5.69 Å². The Morgan fingerprint density at radius 3 is 2.75 bits per heavy atom. The number of nitrogens with one attached hydrogen (secondary N) is 1. The molecule has 44 valence electrons. The molecule has 1 N–H and O–H groups in total. The zero-order valence-electron chi connectivity index (χ0n) is 4.93. The molecule has 3 heteroatoms. The molecule has 0 aliphatic carbocycles. The second-order valence-electron chi connectivity index (χ2n) is 1.56. The zero-order chi connectivity index (χ0) is 5.98. The van der Waals surface area contributed by atoms with E-state index in [1.165, 1.54) is 11.5 Å². The molecule has 1 heterocycles. The predicted molar refractivity (Wildman–Crippen MR) is 36.4 cm³/mol. The highest BCUT2D eigenvalue weighted by Crippen LogP contribution is 2.13. The minimum absolute atomic E-state index is 1.08. The van der Waals surface area contributed by atoms with Crippen molar-refractivity contribution in [3.8, 4) is 0 Å². The van der Waals surface area contributed by atoms with E-state index in [4.69, 9.17) is 0 Å². The summed E-state index contributed by atoms with van der Waals surface area (Å²) in [6, 6.07) is 0. The van der Waals surface area contributed by atoms with Crippen molar-refractivity contribution in [1.82, 2.24) is 4.37 Å². The summed E-state index contributed by atoms with van der Waals surface area (Å²) in [6.45, 7) is 1.99. The second kappa shape index (κ2) is 2.13. The van der Waals surface area contributed by atoms with Gasteiger partial charge in [-0.15, -0.1) is 0 Å². The van der Waals surface area contributed by atoms with Crippen molar-refractivity contribution in [2.24, 2.45) is 0 Å². The SMILES string of the molecule is CNc1csnc1C. The Balaban J connectivity index is 2.92. The first-order valence-electron chi connectivity index (χ1n) is 2.43. The molecule has 0 atom stereocenters. The number of nitrogens with zero attached hydrogens (tertiary/aromatic N) is 1. The van der Waals surface area contributed by atoms with Crippen molar-refractivity contribution in [1.29, 1.82) is 0 Å². The summed E-state index contributed by atoms with van der Waals surface area (Å²) in [7, 11) is 1.90. The quantitative estimate of drug-likeness (QED) is 0.620. The van der Waals surface area contributed by atoms with Gasteiger partial charge in [0.1, 0.15) is 0 Å². The molecule has 2 nitrogen and oxygen atoms in total. The Labute approximate surface area is 52.7 Å². The minimum Gasteiger partial charge on any atom is -0.386 e. The van der Waals surface area contributed by atoms with Gasteiger partial charge in [-0.05, 0) is 18.5 Å². The number of rotatable bonds is 1. The monoisotopic (exact) mass is 128 g/mol. The molecule has 0 unspecified atom stereocenters. The zero-order valence-corrected chi connectivity index (χ0v) is 5.75. The van der Waals surface area contributed by atoms with Crippen molar-refractivity contribution in [2.75, 3.05) is 12.4 Å². The van der Waals surface area contributed by atoms with Gasteiger partial charge < -0.3 is 5.32 Å². The highest BCUT2D eigenvalue weighted by molar-refractivity contribution is 7.04. The maximum Gasteiger partial charge on any atom is 0.0742 e. The van der Waals surface area contributed by atoms with E-state index in [1.807, 2.05) is 19.4 Å². The van der Waals surface area contributed by atoms with Gasteiger partial charge in [-0.25, -0.2) is 0 Å². The van der Waals surface area contributed by atoms with Gasteiger partial charge in [-0.2, -0.15) is 4.37 Å². The normalized spacial score (nSPS) is 9.25. The third kappa shape index (κ3) is 0.816. The third-order valence-corrected chi connectivity index (χ3v) is 1.74. The second-order valence-corrected chi connectivity index (χ2v) is 2.19. The lowest BCUT2D eigenvalue weighted by Crippen LogP contribution is -1.86. The molecule has 1 rings (SSSR count). The van der Waals surface area contributed by atoms with Crippen LogP contribution in [0.5, 0.6) is 0 Å². The summed E-state index contributed by atoms with van der Waals surface area (Å²) in [4.78, 5) is 0. The molecule has 0 fully saturated rings. The van der Waals surface area contributed by atoms with Gasteiger partial charge in [0.25, 0.3) is 0 Å². The van der Waals surface area contributed by atoms with Crippen LogP contribution in [0.15, 0.2) is 5.38 Å². The van der Waals surface area contributed by atoms with Crippen LogP contribution in [0.3, 0.4) is 0 Å². The van der Waals surface area contributed by atoms with Crippen LogP contribution >= 0.6 is 11.5 Å². The van der Waals surface area contributed by atoms with E-state index < -0.39 is 0 Å². The van der Waals surface area contributed by atoms with Gasteiger partial charge in [0, 0.05) is 12.4 Å². The first kappa shape index (κ1) is 5.56. The van der Waals surface area contributed by atoms with Crippen molar-refractivity contribution >= 4 is 17.2 Å². The van der Waals surface area contributed by atoms with Gasteiger partial charge in [-0.1, -0.05) is 0 Å². The van der Waals surface area contributed by atoms with E-state index in [-0.39, 0.29) is 0 Å². The molecule has 0 radical (unpaired) electrons. The van der Waals surface area contributed by atoms with Crippen LogP contribution in [0.2, 0.25) is 0 Å². The van der Waals surface area contributed by atoms with Crippen LogP contribution in [0.25, 0.3) is 0 Å². The third-order valence-electron chi connectivity index (χ3n) is 1.02. The molecular formula is C5H8N2S. The fourth-order valence-electron chi connectivity index (χ4n) is 0.532. The van der Waals surface area contributed by atoms with Gasteiger partial charge >= 0.3 is 0 Å². The summed E-state index contributed by atoms with van der Waals surface area (Å²) in [5.74, 6) is 0. The van der Waals surface area contributed by atoms with Gasteiger partial charge in [0.05, 0.1) is 11.4 Å². The van der Waals surface area contributed by atoms with E-state index in [2.05, 4.69) is 9.69 Å². The van der Waals surface area contributed by atoms with Gasteiger partial charge in [0.15, 0.2) is 0 Å². The average molecular weight is 128 g/mol. The molecular weight excluding hydrogens is 120 g/mol. The summed E-state index contributed by atoms with van der Waals surface area (Å²) < 4.78 is 4.07. The minimum atomic E-state index is 1.08. The first-order valence-corrected chi connectivity index (χ1v) is 3.27. The van der Waals surface area contributed by atoms with Gasteiger partial charge in [0.2, 0.25) is 0 Å². The van der Waals surface area contributed by atoms with Crippen LogP contribution in [-0.4, -0.2) is 11.4 Å². The topological polar surface area (TPSA) is 24.9 Å². The molecule has 1 aromatic heterocycles. The van der Waals surface area contributed by atoms with Crippen molar-refractivity contribution in [2.45, 2.75) is 6.92 Å². The number of hydrogen-bond donors (Lipinski definition) is 1. The fraction of sp³-hybridized carbons (Fsp3) is 0.400. The maximum atomic E-state index is 4.07. The Bertz CT molecular complexity index is 171. The van der Waals surface area contributed by atoms with E-state index in [0.717, 1.165) is 11.4 Å². The smallest absolute Gasteiger partial charge is 0.0742 e. The molecule has 0 aliphatic rings. The van der Waals surface area contributed by atoms with Crippen molar-refractivity contribution in [3.05, 3.63) is 11.1 Å². The molecule has 0 saturated heterocycles. The Morgan fingerprint density at radius 1 is 1.75 bits per heavy atom. The van der Waals surface area contributed by atoms with Gasteiger partial charge in [-0.3, -0.25) is 0 Å².